The minimum Gasteiger partial charge on any atom is -0.497 e. The largest absolute Gasteiger partial charge is 0.497 e. The van der Waals surface area contributed by atoms with E-state index in [1.807, 2.05) is 24.3 Å². The molecule has 2 aromatic carbocycles. The molecule has 1 amide bonds. The Hall–Kier alpha value is -3.79. The van der Waals surface area contributed by atoms with E-state index in [4.69, 9.17) is 17.0 Å². The molecule has 0 bridgehead atoms. The van der Waals surface area contributed by atoms with Crippen molar-refractivity contribution in [3.05, 3.63) is 71.5 Å². The second-order valence-electron chi connectivity index (χ2n) is 6.65. The molecule has 2 heterocycles. The number of benzene rings is 2. The fourth-order valence-corrected chi connectivity index (χ4v) is 3.33. The number of aromatic nitrogens is 5. The van der Waals surface area contributed by atoms with E-state index in [1.165, 1.54) is 10.7 Å². The Balaban J connectivity index is 1.43. The summed E-state index contributed by atoms with van der Waals surface area (Å²) in [6.45, 7) is 0.316. The Kier molecular flexibility index (Phi) is 5.89. The quantitative estimate of drug-likeness (QED) is 0.426. The zero-order valence-corrected chi connectivity index (χ0v) is 17.4. The fourth-order valence-electron chi connectivity index (χ4n) is 3.10. The van der Waals surface area contributed by atoms with Crippen molar-refractivity contribution < 1.29 is 13.9 Å². The van der Waals surface area contributed by atoms with Crippen LogP contribution in [0.4, 0.5) is 10.1 Å². The molecule has 4 aromatic rings. The Morgan fingerprint density at radius 2 is 2.06 bits per heavy atom. The van der Waals surface area contributed by atoms with Gasteiger partial charge in [-0.05, 0) is 60.7 Å². The molecule has 2 aromatic heterocycles. The summed E-state index contributed by atoms with van der Waals surface area (Å²) in [7, 11) is 1.60. The van der Waals surface area contributed by atoms with E-state index in [2.05, 4.69) is 20.6 Å². The number of rotatable bonds is 7. The van der Waals surface area contributed by atoms with Crippen LogP contribution >= 0.6 is 12.2 Å². The van der Waals surface area contributed by atoms with Crippen molar-refractivity contribution in [2.45, 2.75) is 13.0 Å². The number of nitrogens with zero attached hydrogens (tertiary/aromatic N) is 4. The highest BCUT2D eigenvalue weighted by Gasteiger charge is 2.12. The van der Waals surface area contributed by atoms with Gasteiger partial charge in [0, 0.05) is 36.6 Å². The van der Waals surface area contributed by atoms with Crippen LogP contribution in [0.25, 0.3) is 17.1 Å². The van der Waals surface area contributed by atoms with Crippen LogP contribution in [-0.4, -0.2) is 37.6 Å². The van der Waals surface area contributed by atoms with Crippen molar-refractivity contribution in [2.24, 2.45) is 0 Å². The topological polar surface area (TPSA) is 89.8 Å². The lowest BCUT2D eigenvalue weighted by Gasteiger charge is -2.10. The predicted molar refractivity (Wildman–Crippen MR) is 116 cm³/mol. The molecule has 4 rings (SSSR count). The summed E-state index contributed by atoms with van der Waals surface area (Å²) in [5.74, 6) is 0.597. The minimum absolute atomic E-state index is 0.138. The molecule has 8 nitrogen and oxygen atoms in total. The normalized spacial score (nSPS) is 10.8. The summed E-state index contributed by atoms with van der Waals surface area (Å²) in [6.07, 6.45) is 3.35. The second-order valence-corrected chi connectivity index (χ2v) is 7.03. The van der Waals surface area contributed by atoms with Gasteiger partial charge in [0.15, 0.2) is 16.4 Å². The van der Waals surface area contributed by atoms with E-state index in [0.717, 1.165) is 11.3 Å². The van der Waals surface area contributed by atoms with E-state index >= 15 is 0 Å². The summed E-state index contributed by atoms with van der Waals surface area (Å²) in [5.41, 5.74) is 1.51. The van der Waals surface area contributed by atoms with Crippen molar-refractivity contribution in [1.82, 2.24) is 24.5 Å². The molecule has 0 aliphatic carbocycles. The van der Waals surface area contributed by atoms with Gasteiger partial charge in [-0.3, -0.25) is 14.5 Å². The third-order valence-corrected chi connectivity index (χ3v) is 4.96. The number of H-pyrrole nitrogens is 1. The summed E-state index contributed by atoms with van der Waals surface area (Å²) < 4.78 is 23.1. The van der Waals surface area contributed by atoms with Gasteiger partial charge in [-0.25, -0.2) is 9.07 Å². The van der Waals surface area contributed by atoms with Crippen LogP contribution in [-0.2, 0) is 11.3 Å². The van der Waals surface area contributed by atoms with E-state index in [9.17, 15) is 9.18 Å². The van der Waals surface area contributed by atoms with Crippen LogP contribution in [0.1, 0.15) is 6.42 Å². The van der Waals surface area contributed by atoms with Gasteiger partial charge in [0.25, 0.3) is 0 Å². The van der Waals surface area contributed by atoms with Crippen LogP contribution < -0.4 is 10.1 Å². The van der Waals surface area contributed by atoms with Gasteiger partial charge < -0.3 is 10.1 Å². The zero-order valence-electron chi connectivity index (χ0n) is 16.6. The highest BCUT2D eigenvalue weighted by atomic mass is 32.1. The molecule has 0 aliphatic heterocycles. The molecule has 0 atom stereocenters. The summed E-state index contributed by atoms with van der Waals surface area (Å²) >= 11 is 5.30. The Bertz CT molecular complexity index is 1250. The first-order valence-corrected chi connectivity index (χ1v) is 9.85. The first-order chi connectivity index (χ1) is 15.0. The minimum atomic E-state index is -0.486. The maximum absolute atomic E-state index is 14.4. The number of methoxy groups -OCH3 is 1. The predicted octanol–water partition coefficient (Wildman–Crippen LogP) is 3.97. The van der Waals surface area contributed by atoms with Crippen LogP contribution in [0.5, 0.6) is 5.75 Å². The maximum Gasteiger partial charge on any atom is 0.226 e. The van der Waals surface area contributed by atoms with Crippen molar-refractivity contribution >= 4 is 23.8 Å². The second kappa shape index (κ2) is 8.92. The smallest absolute Gasteiger partial charge is 0.226 e. The van der Waals surface area contributed by atoms with Crippen molar-refractivity contribution in [2.75, 3.05) is 12.4 Å². The molecule has 2 N–H and O–H groups in total. The Labute approximate surface area is 182 Å². The van der Waals surface area contributed by atoms with Crippen LogP contribution in [0.3, 0.4) is 0 Å². The van der Waals surface area contributed by atoms with Gasteiger partial charge in [-0.1, -0.05) is 0 Å². The standard InChI is InChI=1S/C21H19FN6O2S/c1-30-16-6-3-14(4-7-16)20-25-26-21(31)27(20)12-9-19(29)24-15-5-8-18(17(22)13-15)28-11-2-10-23-28/h2-8,10-11,13H,9,12H2,1H3,(H,24,29)(H,26,31). The summed E-state index contributed by atoms with van der Waals surface area (Å²) in [6, 6.07) is 13.5. The fraction of sp³-hybridized carbons (Fsp3) is 0.143. The summed E-state index contributed by atoms with van der Waals surface area (Å²) in [5, 5.41) is 13.7. The number of carbonyl (C=O) groups is 1. The number of hydrogen-bond acceptors (Lipinski definition) is 5. The number of amides is 1. The van der Waals surface area contributed by atoms with Crippen LogP contribution in [0.15, 0.2) is 60.9 Å². The van der Waals surface area contributed by atoms with Gasteiger partial charge in [0.2, 0.25) is 5.91 Å². The first kappa shape index (κ1) is 20.5. The van der Waals surface area contributed by atoms with Gasteiger partial charge in [0.05, 0.1) is 7.11 Å². The third-order valence-electron chi connectivity index (χ3n) is 4.65. The van der Waals surface area contributed by atoms with Crippen molar-refractivity contribution in [3.63, 3.8) is 0 Å². The number of halogens is 1. The van der Waals surface area contributed by atoms with Crippen molar-refractivity contribution in [3.8, 4) is 22.8 Å². The highest BCUT2D eigenvalue weighted by Crippen LogP contribution is 2.22. The molecule has 0 unspecified atom stereocenters. The van der Waals surface area contributed by atoms with E-state index < -0.39 is 5.82 Å². The SMILES string of the molecule is COc1ccc(-c2n[nH]c(=S)n2CCC(=O)Nc2ccc(-n3cccn3)c(F)c2)cc1. The molecule has 0 fully saturated rings. The number of nitrogens with one attached hydrogen (secondary N) is 2. The molecule has 0 radical (unpaired) electrons. The van der Waals surface area contributed by atoms with Crippen LogP contribution in [0, 0.1) is 10.6 Å². The zero-order chi connectivity index (χ0) is 21.8. The average molecular weight is 438 g/mol. The van der Waals surface area contributed by atoms with Gasteiger partial charge in [0.1, 0.15) is 11.4 Å². The number of ether oxygens (including phenoxy) is 1. The molecule has 0 saturated heterocycles. The highest BCUT2D eigenvalue weighted by molar-refractivity contribution is 7.71. The van der Waals surface area contributed by atoms with E-state index in [1.54, 1.807) is 42.3 Å². The lowest BCUT2D eigenvalue weighted by Crippen LogP contribution is -2.15. The van der Waals surface area contributed by atoms with Gasteiger partial charge in [-0.2, -0.15) is 10.2 Å². The number of anilines is 1. The lowest BCUT2D eigenvalue weighted by atomic mass is 10.2. The maximum atomic E-state index is 14.4. The number of carbonyl (C=O) groups excluding carboxylic acids is 1. The molecule has 31 heavy (non-hydrogen) atoms. The van der Waals surface area contributed by atoms with E-state index in [0.29, 0.717) is 28.5 Å². The van der Waals surface area contributed by atoms with Gasteiger partial charge >= 0.3 is 0 Å². The Morgan fingerprint density at radius 1 is 1.26 bits per heavy atom. The average Bonchev–Trinajstić information content (AvgIpc) is 3.42. The molecule has 0 saturated carbocycles. The molecule has 10 heteroatoms. The Morgan fingerprint density at radius 3 is 2.74 bits per heavy atom. The molecule has 0 spiro atoms. The molecule has 158 valence electrons. The lowest BCUT2D eigenvalue weighted by molar-refractivity contribution is -0.116. The van der Waals surface area contributed by atoms with Gasteiger partial charge in [-0.15, -0.1) is 0 Å². The summed E-state index contributed by atoms with van der Waals surface area (Å²) in [4.78, 5) is 12.4. The van der Waals surface area contributed by atoms with Crippen molar-refractivity contribution in [1.29, 1.82) is 0 Å². The number of hydrogen-bond donors (Lipinski definition) is 2. The molecular formula is C21H19FN6O2S. The van der Waals surface area contributed by atoms with E-state index in [-0.39, 0.29) is 12.3 Å². The monoisotopic (exact) mass is 438 g/mol. The number of aromatic amines is 1. The third kappa shape index (κ3) is 4.53. The van der Waals surface area contributed by atoms with Crippen LogP contribution in [0.2, 0.25) is 0 Å². The molecular weight excluding hydrogens is 419 g/mol. The molecule has 0 aliphatic rings. The first-order valence-electron chi connectivity index (χ1n) is 9.44.